The van der Waals surface area contributed by atoms with E-state index >= 15 is 0 Å². The van der Waals surface area contributed by atoms with Crippen LogP contribution in [0.2, 0.25) is 0 Å². The minimum absolute atomic E-state index is 0.0112. The summed E-state index contributed by atoms with van der Waals surface area (Å²) in [6.07, 6.45) is 0.851. The zero-order valence-corrected chi connectivity index (χ0v) is 11.5. The number of rotatable bonds is 3. The van der Waals surface area contributed by atoms with Gasteiger partial charge in [-0.3, -0.25) is 14.3 Å². The Bertz CT molecular complexity index is 521. The molecule has 1 atom stereocenters. The van der Waals surface area contributed by atoms with Crippen molar-refractivity contribution < 1.29 is 14.7 Å². The molecule has 6 heteroatoms. The van der Waals surface area contributed by atoms with E-state index in [2.05, 4.69) is 5.10 Å². The molecule has 0 spiro atoms. The van der Waals surface area contributed by atoms with Gasteiger partial charge in [-0.15, -0.1) is 0 Å². The molecular weight excluding hydrogens is 246 g/mol. The van der Waals surface area contributed by atoms with E-state index in [1.54, 1.807) is 9.58 Å². The SMILES string of the molecule is Cc1nn(C)c(C)c1CC(=O)N1CC[C@@H](C(=O)O)C1. The van der Waals surface area contributed by atoms with E-state index in [4.69, 9.17) is 5.11 Å². The molecule has 0 aliphatic carbocycles. The first-order chi connectivity index (χ1) is 8.90. The van der Waals surface area contributed by atoms with Gasteiger partial charge in [-0.25, -0.2) is 0 Å². The molecule has 1 aliphatic heterocycles. The second-order valence-electron chi connectivity index (χ2n) is 5.11. The van der Waals surface area contributed by atoms with Gasteiger partial charge in [0, 0.05) is 31.4 Å². The Morgan fingerprint density at radius 1 is 1.42 bits per heavy atom. The minimum atomic E-state index is -0.816. The van der Waals surface area contributed by atoms with Crippen LogP contribution in [0.3, 0.4) is 0 Å². The number of carbonyl (C=O) groups excluding carboxylic acids is 1. The third kappa shape index (κ3) is 2.62. The summed E-state index contributed by atoms with van der Waals surface area (Å²) in [6, 6.07) is 0. The fraction of sp³-hybridized carbons (Fsp3) is 0.615. The van der Waals surface area contributed by atoms with Crippen molar-refractivity contribution in [2.24, 2.45) is 13.0 Å². The number of aliphatic carboxylic acids is 1. The minimum Gasteiger partial charge on any atom is -0.481 e. The molecule has 0 bridgehead atoms. The van der Waals surface area contributed by atoms with Crippen molar-refractivity contribution in [1.82, 2.24) is 14.7 Å². The van der Waals surface area contributed by atoms with E-state index in [0.717, 1.165) is 17.0 Å². The van der Waals surface area contributed by atoms with Crippen LogP contribution in [-0.4, -0.2) is 44.8 Å². The maximum atomic E-state index is 12.2. The molecule has 0 saturated carbocycles. The lowest BCUT2D eigenvalue weighted by atomic mass is 10.1. The second-order valence-corrected chi connectivity index (χ2v) is 5.11. The average molecular weight is 265 g/mol. The van der Waals surface area contributed by atoms with Crippen LogP contribution in [0.1, 0.15) is 23.4 Å². The summed E-state index contributed by atoms with van der Waals surface area (Å²) >= 11 is 0. The zero-order valence-electron chi connectivity index (χ0n) is 11.5. The van der Waals surface area contributed by atoms with Gasteiger partial charge in [0.1, 0.15) is 0 Å². The number of carbonyl (C=O) groups is 2. The van der Waals surface area contributed by atoms with Gasteiger partial charge in [-0.05, 0) is 20.3 Å². The lowest BCUT2D eigenvalue weighted by molar-refractivity contribution is -0.141. The van der Waals surface area contributed by atoms with Gasteiger partial charge in [0.25, 0.3) is 0 Å². The highest BCUT2D eigenvalue weighted by atomic mass is 16.4. The van der Waals surface area contributed by atoms with Crippen molar-refractivity contribution in [3.05, 3.63) is 17.0 Å². The molecule has 19 heavy (non-hydrogen) atoms. The van der Waals surface area contributed by atoms with Gasteiger partial charge in [0.15, 0.2) is 0 Å². The molecule has 0 unspecified atom stereocenters. The number of aryl methyl sites for hydroxylation is 2. The van der Waals surface area contributed by atoms with E-state index in [1.165, 1.54) is 0 Å². The lowest BCUT2D eigenvalue weighted by Crippen LogP contribution is -2.31. The van der Waals surface area contributed by atoms with Crippen molar-refractivity contribution in [3.8, 4) is 0 Å². The summed E-state index contributed by atoms with van der Waals surface area (Å²) in [5.41, 5.74) is 2.80. The molecule has 1 aromatic heterocycles. The predicted molar refractivity (Wildman–Crippen MR) is 68.7 cm³/mol. The molecule has 2 heterocycles. The van der Waals surface area contributed by atoms with Gasteiger partial charge in [0.05, 0.1) is 18.0 Å². The maximum absolute atomic E-state index is 12.2. The van der Waals surface area contributed by atoms with E-state index in [9.17, 15) is 9.59 Å². The van der Waals surface area contributed by atoms with Gasteiger partial charge < -0.3 is 10.0 Å². The normalized spacial score (nSPS) is 18.9. The van der Waals surface area contributed by atoms with Gasteiger partial charge >= 0.3 is 5.97 Å². The number of nitrogens with zero attached hydrogens (tertiary/aromatic N) is 3. The molecule has 1 aromatic rings. The molecule has 104 valence electrons. The summed E-state index contributed by atoms with van der Waals surface area (Å²) in [6.45, 7) is 4.69. The molecule has 0 aromatic carbocycles. The first-order valence-corrected chi connectivity index (χ1v) is 6.39. The van der Waals surface area contributed by atoms with Crippen LogP contribution in [0.5, 0.6) is 0 Å². The Labute approximate surface area is 112 Å². The summed E-state index contributed by atoms with van der Waals surface area (Å²) in [5, 5.41) is 13.2. The third-order valence-corrected chi connectivity index (χ3v) is 3.88. The number of aromatic nitrogens is 2. The Hall–Kier alpha value is -1.85. The van der Waals surface area contributed by atoms with Crippen molar-refractivity contribution in [3.63, 3.8) is 0 Å². The molecule has 1 aliphatic rings. The number of amides is 1. The topological polar surface area (TPSA) is 75.4 Å². The Morgan fingerprint density at radius 3 is 2.58 bits per heavy atom. The van der Waals surface area contributed by atoms with Gasteiger partial charge in [-0.2, -0.15) is 5.10 Å². The standard InChI is InChI=1S/C13H19N3O3/c1-8-11(9(2)15(3)14-8)6-12(17)16-5-4-10(7-16)13(18)19/h10H,4-7H2,1-3H3,(H,18,19)/t10-/m1/s1. The molecule has 1 fully saturated rings. The third-order valence-electron chi connectivity index (χ3n) is 3.88. The second kappa shape index (κ2) is 5.03. The smallest absolute Gasteiger partial charge is 0.308 e. The first kappa shape index (κ1) is 13.6. The van der Waals surface area contributed by atoms with Crippen LogP contribution in [0.4, 0.5) is 0 Å². The summed E-state index contributed by atoms with van der Waals surface area (Å²) in [4.78, 5) is 24.7. The first-order valence-electron chi connectivity index (χ1n) is 6.39. The monoisotopic (exact) mass is 265 g/mol. The number of hydrogen-bond acceptors (Lipinski definition) is 3. The summed E-state index contributed by atoms with van der Waals surface area (Å²) in [7, 11) is 1.85. The summed E-state index contributed by atoms with van der Waals surface area (Å²) in [5.74, 6) is -1.24. The number of likely N-dealkylation sites (tertiary alicyclic amines) is 1. The average Bonchev–Trinajstić information content (AvgIpc) is 2.91. The quantitative estimate of drug-likeness (QED) is 0.864. The van der Waals surface area contributed by atoms with E-state index in [1.807, 2.05) is 20.9 Å². The van der Waals surface area contributed by atoms with Crippen molar-refractivity contribution in [2.45, 2.75) is 26.7 Å². The fourth-order valence-corrected chi connectivity index (χ4v) is 2.52. The number of carboxylic acids is 1. The molecule has 2 rings (SSSR count). The highest BCUT2D eigenvalue weighted by Gasteiger charge is 2.31. The van der Waals surface area contributed by atoms with Crippen molar-refractivity contribution >= 4 is 11.9 Å². The molecule has 6 nitrogen and oxygen atoms in total. The molecule has 1 amide bonds. The Kier molecular flexibility index (Phi) is 3.59. The van der Waals surface area contributed by atoms with E-state index in [-0.39, 0.29) is 5.91 Å². The maximum Gasteiger partial charge on any atom is 0.308 e. The van der Waals surface area contributed by atoms with Crippen LogP contribution in [0, 0.1) is 19.8 Å². The van der Waals surface area contributed by atoms with Crippen LogP contribution in [0.25, 0.3) is 0 Å². The Balaban J connectivity index is 2.04. The van der Waals surface area contributed by atoms with Crippen LogP contribution in [-0.2, 0) is 23.1 Å². The van der Waals surface area contributed by atoms with Crippen molar-refractivity contribution in [1.29, 1.82) is 0 Å². The van der Waals surface area contributed by atoms with E-state index in [0.29, 0.717) is 25.9 Å². The fourth-order valence-electron chi connectivity index (χ4n) is 2.52. The van der Waals surface area contributed by atoms with Crippen LogP contribution < -0.4 is 0 Å². The van der Waals surface area contributed by atoms with Crippen LogP contribution >= 0.6 is 0 Å². The Morgan fingerprint density at radius 2 is 2.11 bits per heavy atom. The van der Waals surface area contributed by atoms with Gasteiger partial charge in [-0.1, -0.05) is 0 Å². The van der Waals surface area contributed by atoms with Crippen LogP contribution in [0.15, 0.2) is 0 Å². The lowest BCUT2D eigenvalue weighted by Gasteiger charge is -2.15. The summed E-state index contributed by atoms with van der Waals surface area (Å²) < 4.78 is 1.77. The molecular formula is C13H19N3O3. The van der Waals surface area contributed by atoms with Crippen molar-refractivity contribution in [2.75, 3.05) is 13.1 Å². The van der Waals surface area contributed by atoms with E-state index < -0.39 is 11.9 Å². The highest BCUT2D eigenvalue weighted by Crippen LogP contribution is 2.19. The number of carboxylic acid groups (broad SMARTS) is 1. The largest absolute Gasteiger partial charge is 0.481 e. The number of hydrogen-bond donors (Lipinski definition) is 1. The molecule has 0 radical (unpaired) electrons. The molecule has 1 saturated heterocycles. The highest BCUT2D eigenvalue weighted by molar-refractivity contribution is 5.81. The predicted octanol–water partition coefficient (Wildman–Crippen LogP) is 0.513. The van der Waals surface area contributed by atoms with Gasteiger partial charge in [0.2, 0.25) is 5.91 Å². The molecule has 1 N–H and O–H groups in total. The zero-order chi connectivity index (χ0) is 14.2.